The van der Waals surface area contributed by atoms with Crippen molar-refractivity contribution < 1.29 is 14.5 Å². The van der Waals surface area contributed by atoms with Gasteiger partial charge in [-0.3, -0.25) is 19.7 Å². The largest absolute Gasteiger partial charge is 0.362 e. The van der Waals surface area contributed by atoms with E-state index in [1.807, 2.05) is 29.2 Å². The molecule has 30 heavy (non-hydrogen) atoms. The molecule has 1 atom stereocenters. The number of piperazine rings is 1. The summed E-state index contributed by atoms with van der Waals surface area (Å²) in [5.74, 6) is -0.254. The van der Waals surface area contributed by atoms with Crippen molar-refractivity contribution in [2.75, 3.05) is 31.1 Å². The molecular formula is C21H23BrN4O4. The molecule has 2 amide bonds. The molecule has 9 heteroatoms. The molecule has 0 spiro atoms. The van der Waals surface area contributed by atoms with Crippen LogP contribution in [0.3, 0.4) is 0 Å². The lowest BCUT2D eigenvalue weighted by atomic mass is 10.0. The lowest BCUT2D eigenvalue weighted by molar-refractivity contribution is -0.384. The Hall–Kier alpha value is -2.94. The zero-order valence-electron chi connectivity index (χ0n) is 16.6. The van der Waals surface area contributed by atoms with Gasteiger partial charge in [-0.05, 0) is 23.8 Å². The summed E-state index contributed by atoms with van der Waals surface area (Å²) in [6.07, 6.45) is 0.159. The van der Waals surface area contributed by atoms with Gasteiger partial charge >= 0.3 is 0 Å². The summed E-state index contributed by atoms with van der Waals surface area (Å²) in [5.41, 5.74) is 1.50. The SMILES string of the molecule is CC(=O)NC(CC(=O)N1CCN(c2ccccc2[N+](=O)[O-])CC1)c1ccc(Br)cc1. The normalized spacial score (nSPS) is 14.9. The van der Waals surface area contributed by atoms with E-state index in [0.717, 1.165) is 10.0 Å². The van der Waals surface area contributed by atoms with Gasteiger partial charge in [-0.1, -0.05) is 40.2 Å². The smallest absolute Gasteiger partial charge is 0.292 e. The predicted molar refractivity (Wildman–Crippen MR) is 117 cm³/mol. The number of benzene rings is 2. The fourth-order valence-corrected chi connectivity index (χ4v) is 3.84. The van der Waals surface area contributed by atoms with Crippen molar-refractivity contribution in [3.63, 3.8) is 0 Å². The molecule has 0 aromatic heterocycles. The monoisotopic (exact) mass is 474 g/mol. The minimum atomic E-state index is -0.406. The first-order valence-corrected chi connectivity index (χ1v) is 10.4. The van der Waals surface area contributed by atoms with E-state index in [0.29, 0.717) is 31.9 Å². The molecule has 0 bridgehead atoms. The van der Waals surface area contributed by atoms with Crippen LogP contribution in [0.1, 0.15) is 24.9 Å². The minimum Gasteiger partial charge on any atom is -0.362 e. The van der Waals surface area contributed by atoms with Gasteiger partial charge in [0.05, 0.1) is 17.4 Å². The number of amides is 2. The van der Waals surface area contributed by atoms with Crippen LogP contribution in [-0.2, 0) is 9.59 Å². The van der Waals surface area contributed by atoms with E-state index in [4.69, 9.17) is 0 Å². The van der Waals surface area contributed by atoms with Crippen molar-refractivity contribution in [1.29, 1.82) is 0 Å². The highest BCUT2D eigenvalue weighted by atomic mass is 79.9. The van der Waals surface area contributed by atoms with Crippen LogP contribution < -0.4 is 10.2 Å². The third-order valence-electron chi connectivity index (χ3n) is 5.08. The van der Waals surface area contributed by atoms with Gasteiger partial charge in [0.1, 0.15) is 5.69 Å². The van der Waals surface area contributed by atoms with Crippen molar-refractivity contribution in [3.05, 3.63) is 68.7 Å². The molecule has 1 unspecified atom stereocenters. The molecule has 2 aromatic rings. The Morgan fingerprint density at radius 2 is 1.73 bits per heavy atom. The summed E-state index contributed by atoms with van der Waals surface area (Å²) < 4.78 is 0.922. The van der Waals surface area contributed by atoms with Crippen LogP contribution in [0.2, 0.25) is 0 Å². The fraction of sp³-hybridized carbons (Fsp3) is 0.333. The summed E-state index contributed by atoms with van der Waals surface area (Å²) in [6, 6.07) is 13.7. The molecule has 1 fully saturated rings. The van der Waals surface area contributed by atoms with Crippen LogP contribution in [0.4, 0.5) is 11.4 Å². The Kier molecular flexibility index (Phi) is 7.04. The zero-order valence-corrected chi connectivity index (χ0v) is 18.2. The molecule has 1 aliphatic heterocycles. The highest BCUT2D eigenvalue weighted by molar-refractivity contribution is 9.10. The van der Waals surface area contributed by atoms with Gasteiger partial charge in [0.25, 0.3) is 5.69 Å². The number of para-hydroxylation sites is 2. The van der Waals surface area contributed by atoms with Crippen LogP contribution in [0.25, 0.3) is 0 Å². The van der Waals surface area contributed by atoms with Crippen molar-refractivity contribution in [2.24, 2.45) is 0 Å². The minimum absolute atomic E-state index is 0.0566. The lowest BCUT2D eigenvalue weighted by Crippen LogP contribution is -2.49. The third kappa shape index (κ3) is 5.35. The average Bonchev–Trinajstić information content (AvgIpc) is 2.73. The van der Waals surface area contributed by atoms with Crippen LogP contribution in [0.15, 0.2) is 53.0 Å². The Morgan fingerprint density at radius 3 is 2.33 bits per heavy atom. The molecule has 1 heterocycles. The quantitative estimate of drug-likeness (QED) is 0.511. The van der Waals surface area contributed by atoms with Crippen LogP contribution in [0, 0.1) is 10.1 Å². The standard InChI is InChI=1S/C21H23BrN4O4/c1-15(27)23-18(16-6-8-17(22)9-7-16)14-21(28)25-12-10-24(11-13-25)19-4-2-3-5-20(19)26(29)30/h2-9,18H,10-14H2,1H3,(H,23,27). The van der Waals surface area contributed by atoms with Gasteiger partial charge < -0.3 is 15.1 Å². The van der Waals surface area contributed by atoms with Crippen molar-refractivity contribution >= 4 is 39.1 Å². The number of nitrogens with one attached hydrogen (secondary N) is 1. The first-order chi connectivity index (χ1) is 14.3. The predicted octanol–water partition coefficient (Wildman–Crippen LogP) is 3.27. The zero-order chi connectivity index (χ0) is 21.7. The second kappa shape index (κ2) is 9.71. The van der Waals surface area contributed by atoms with Crippen LogP contribution >= 0.6 is 15.9 Å². The summed E-state index contributed by atoms with van der Waals surface area (Å²) in [7, 11) is 0. The molecule has 158 valence electrons. The van der Waals surface area contributed by atoms with Gasteiger partial charge in [0.15, 0.2) is 0 Å². The number of halogens is 1. The number of carbonyl (C=O) groups is 2. The van der Waals surface area contributed by atoms with Gasteiger partial charge in [-0.25, -0.2) is 0 Å². The Bertz CT molecular complexity index is 927. The molecule has 8 nitrogen and oxygen atoms in total. The molecule has 1 aliphatic rings. The lowest BCUT2D eigenvalue weighted by Gasteiger charge is -2.36. The van der Waals surface area contributed by atoms with Gasteiger partial charge in [0.2, 0.25) is 11.8 Å². The second-order valence-corrected chi connectivity index (χ2v) is 8.04. The molecule has 1 saturated heterocycles. The number of nitro benzene ring substituents is 1. The first kappa shape index (κ1) is 21.8. The summed E-state index contributed by atoms with van der Waals surface area (Å²) in [4.78, 5) is 39.1. The van der Waals surface area contributed by atoms with E-state index in [9.17, 15) is 19.7 Å². The number of rotatable bonds is 6. The Labute approximate surface area is 183 Å². The first-order valence-electron chi connectivity index (χ1n) is 9.64. The molecule has 0 aliphatic carbocycles. The Balaban J connectivity index is 1.64. The van der Waals surface area contributed by atoms with Gasteiger partial charge in [-0.15, -0.1) is 0 Å². The van der Waals surface area contributed by atoms with Crippen LogP contribution in [0.5, 0.6) is 0 Å². The van der Waals surface area contributed by atoms with E-state index in [1.165, 1.54) is 13.0 Å². The number of hydrogen-bond donors (Lipinski definition) is 1. The van der Waals surface area contributed by atoms with E-state index in [1.54, 1.807) is 23.1 Å². The summed E-state index contributed by atoms with van der Waals surface area (Å²) >= 11 is 3.39. The molecule has 2 aromatic carbocycles. The third-order valence-corrected chi connectivity index (χ3v) is 5.61. The van der Waals surface area contributed by atoms with E-state index in [-0.39, 0.29) is 28.8 Å². The number of nitro groups is 1. The van der Waals surface area contributed by atoms with Crippen molar-refractivity contribution in [2.45, 2.75) is 19.4 Å². The maximum absolute atomic E-state index is 12.9. The van der Waals surface area contributed by atoms with E-state index in [2.05, 4.69) is 21.2 Å². The highest BCUT2D eigenvalue weighted by Crippen LogP contribution is 2.28. The van der Waals surface area contributed by atoms with E-state index < -0.39 is 6.04 Å². The van der Waals surface area contributed by atoms with Crippen LogP contribution in [-0.4, -0.2) is 47.8 Å². The Morgan fingerprint density at radius 1 is 1.10 bits per heavy atom. The second-order valence-electron chi connectivity index (χ2n) is 7.12. The van der Waals surface area contributed by atoms with E-state index >= 15 is 0 Å². The number of hydrogen-bond acceptors (Lipinski definition) is 5. The molecule has 0 radical (unpaired) electrons. The number of anilines is 1. The molecular weight excluding hydrogens is 452 g/mol. The van der Waals surface area contributed by atoms with Crippen molar-refractivity contribution in [1.82, 2.24) is 10.2 Å². The van der Waals surface area contributed by atoms with Crippen molar-refractivity contribution in [3.8, 4) is 0 Å². The molecule has 3 rings (SSSR count). The maximum atomic E-state index is 12.9. The maximum Gasteiger partial charge on any atom is 0.292 e. The summed E-state index contributed by atoms with van der Waals surface area (Å²) in [5, 5.41) is 14.1. The number of carbonyl (C=O) groups excluding carboxylic acids is 2. The molecule has 0 saturated carbocycles. The highest BCUT2D eigenvalue weighted by Gasteiger charge is 2.27. The topological polar surface area (TPSA) is 95.8 Å². The molecule has 1 N–H and O–H groups in total. The summed E-state index contributed by atoms with van der Waals surface area (Å²) in [6.45, 7) is 3.40. The average molecular weight is 475 g/mol. The van der Waals surface area contributed by atoms with Gasteiger partial charge in [0, 0.05) is 43.6 Å². The number of nitrogens with zero attached hydrogens (tertiary/aromatic N) is 3. The van der Waals surface area contributed by atoms with Gasteiger partial charge in [-0.2, -0.15) is 0 Å². The fourth-order valence-electron chi connectivity index (χ4n) is 3.58.